The maximum absolute atomic E-state index is 13.7. The summed E-state index contributed by atoms with van der Waals surface area (Å²) in [4.78, 5) is 13.7. The Morgan fingerprint density at radius 1 is 0.464 bits per heavy atom. The van der Waals surface area contributed by atoms with Gasteiger partial charge in [-0.3, -0.25) is 4.79 Å². The predicted molar refractivity (Wildman–Crippen MR) is 115 cm³/mol. The van der Waals surface area contributed by atoms with Gasteiger partial charge in [-0.1, -0.05) is 121 Å². The molecule has 0 saturated heterocycles. The molecule has 0 saturated carbocycles. The van der Waals surface area contributed by atoms with Gasteiger partial charge in [0.05, 0.1) is 5.92 Å². The van der Waals surface area contributed by atoms with E-state index in [9.17, 15) is 4.79 Å². The fourth-order valence-electron chi connectivity index (χ4n) is 3.84. The number of carbonyl (C=O) groups excluding carboxylic acids is 1. The fraction of sp³-hybridized carbons (Fsp3) is 0.0741. The van der Waals surface area contributed by atoms with Crippen molar-refractivity contribution in [2.75, 3.05) is 0 Å². The van der Waals surface area contributed by atoms with E-state index < -0.39 is 0 Å². The smallest absolute Gasteiger partial charge is 0.171 e. The lowest BCUT2D eigenvalue weighted by molar-refractivity contribution is 0.0951. The summed E-state index contributed by atoms with van der Waals surface area (Å²) < 4.78 is 0. The Morgan fingerprint density at radius 3 is 1.25 bits per heavy atom. The van der Waals surface area contributed by atoms with E-state index in [1.807, 2.05) is 84.9 Å². The monoisotopic (exact) mass is 362 g/mol. The molecule has 4 aromatic carbocycles. The summed E-state index contributed by atoms with van der Waals surface area (Å²) in [6.07, 6.45) is 0. The summed E-state index contributed by atoms with van der Waals surface area (Å²) >= 11 is 0. The zero-order chi connectivity index (χ0) is 19.2. The summed E-state index contributed by atoms with van der Waals surface area (Å²) in [6, 6.07) is 40.4. The van der Waals surface area contributed by atoms with Gasteiger partial charge in [-0.25, -0.2) is 0 Å². The average molecular weight is 362 g/mol. The number of rotatable bonds is 6. The lowest BCUT2D eigenvalue weighted by Gasteiger charge is -2.28. The third-order valence-electron chi connectivity index (χ3n) is 5.15. The minimum Gasteiger partial charge on any atom is -0.293 e. The van der Waals surface area contributed by atoms with Crippen LogP contribution in [-0.2, 0) is 0 Å². The number of hydrogen-bond donors (Lipinski definition) is 0. The minimum atomic E-state index is -0.298. The second-order valence-electron chi connectivity index (χ2n) is 6.92. The number of Topliss-reactive ketones (excluding diaryl/α,β-unsaturated/α-hetero) is 1. The Balaban J connectivity index is 1.90. The summed E-state index contributed by atoms with van der Waals surface area (Å²) in [6.45, 7) is 0. The SMILES string of the molecule is O=C(c1ccccc1)C(c1ccccc1)C(c1ccccc1)c1ccccc1. The van der Waals surface area contributed by atoms with Gasteiger partial charge in [0.15, 0.2) is 5.78 Å². The van der Waals surface area contributed by atoms with Crippen molar-refractivity contribution in [1.29, 1.82) is 0 Å². The second kappa shape index (κ2) is 8.49. The number of carbonyl (C=O) groups is 1. The molecular formula is C27H22O. The van der Waals surface area contributed by atoms with Gasteiger partial charge >= 0.3 is 0 Å². The van der Waals surface area contributed by atoms with Crippen LogP contribution in [0.2, 0.25) is 0 Å². The van der Waals surface area contributed by atoms with Gasteiger partial charge in [0.25, 0.3) is 0 Å². The molecule has 0 heterocycles. The Hall–Kier alpha value is -3.45. The molecule has 0 bridgehead atoms. The number of ketones is 1. The predicted octanol–water partition coefficient (Wildman–Crippen LogP) is 6.49. The summed E-state index contributed by atoms with van der Waals surface area (Å²) in [5.41, 5.74) is 4.07. The van der Waals surface area contributed by atoms with E-state index in [0.717, 1.165) is 22.3 Å². The molecule has 1 unspecified atom stereocenters. The van der Waals surface area contributed by atoms with E-state index in [-0.39, 0.29) is 17.6 Å². The molecule has 136 valence electrons. The first-order valence-corrected chi connectivity index (χ1v) is 9.58. The number of benzene rings is 4. The van der Waals surface area contributed by atoms with Crippen LogP contribution in [0.3, 0.4) is 0 Å². The van der Waals surface area contributed by atoms with Crippen LogP contribution < -0.4 is 0 Å². The van der Waals surface area contributed by atoms with Crippen molar-refractivity contribution in [2.45, 2.75) is 11.8 Å². The topological polar surface area (TPSA) is 17.1 Å². The van der Waals surface area contributed by atoms with E-state index in [4.69, 9.17) is 0 Å². The largest absolute Gasteiger partial charge is 0.293 e. The molecule has 0 aliphatic carbocycles. The molecule has 0 aromatic heterocycles. The third-order valence-corrected chi connectivity index (χ3v) is 5.15. The molecule has 0 amide bonds. The van der Waals surface area contributed by atoms with Crippen LogP contribution >= 0.6 is 0 Å². The van der Waals surface area contributed by atoms with Gasteiger partial charge in [-0.05, 0) is 16.7 Å². The highest BCUT2D eigenvalue weighted by Crippen LogP contribution is 2.40. The van der Waals surface area contributed by atoms with Gasteiger partial charge in [-0.15, -0.1) is 0 Å². The zero-order valence-corrected chi connectivity index (χ0v) is 15.6. The van der Waals surface area contributed by atoms with Gasteiger partial charge in [0.1, 0.15) is 0 Å². The highest BCUT2D eigenvalue weighted by molar-refractivity contribution is 6.02. The quantitative estimate of drug-likeness (QED) is 0.359. The van der Waals surface area contributed by atoms with Crippen molar-refractivity contribution in [3.63, 3.8) is 0 Å². The molecule has 1 nitrogen and oxygen atoms in total. The summed E-state index contributed by atoms with van der Waals surface area (Å²) in [7, 11) is 0. The van der Waals surface area contributed by atoms with Crippen molar-refractivity contribution >= 4 is 5.78 Å². The van der Waals surface area contributed by atoms with Crippen LogP contribution in [0.1, 0.15) is 38.9 Å². The molecule has 28 heavy (non-hydrogen) atoms. The Morgan fingerprint density at radius 2 is 0.821 bits per heavy atom. The van der Waals surface area contributed by atoms with Crippen molar-refractivity contribution in [2.24, 2.45) is 0 Å². The average Bonchev–Trinajstić information content (AvgIpc) is 2.79. The Kier molecular flexibility index (Phi) is 5.44. The van der Waals surface area contributed by atoms with Crippen LogP contribution in [0.5, 0.6) is 0 Å². The van der Waals surface area contributed by atoms with E-state index >= 15 is 0 Å². The van der Waals surface area contributed by atoms with Gasteiger partial charge in [0.2, 0.25) is 0 Å². The van der Waals surface area contributed by atoms with E-state index in [0.29, 0.717) is 0 Å². The molecule has 0 radical (unpaired) electrons. The molecular weight excluding hydrogens is 340 g/mol. The summed E-state index contributed by atoms with van der Waals surface area (Å²) in [5, 5.41) is 0. The van der Waals surface area contributed by atoms with E-state index in [1.165, 1.54) is 0 Å². The number of hydrogen-bond acceptors (Lipinski definition) is 1. The van der Waals surface area contributed by atoms with Gasteiger partial charge in [0, 0.05) is 11.5 Å². The van der Waals surface area contributed by atoms with Crippen molar-refractivity contribution in [1.82, 2.24) is 0 Å². The molecule has 0 aliphatic rings. The molecule has 1 heteroatoms. The molecule has 0 spiro atoms. The van der Waals surface area contributed by atoms with Crippen molar-refractivity contribution in [3.05, 3.63) is 144 Å². The van der Waals surface area contributed by atoms with Crippen LogP contribution in [0, 0.1) is 0 Å². The van der Waals surface area contributed by atoms with E-state index in [2.05, 4.69) is 36.4 Å². The summed E-state index contributed by atoms with van der Waals surface area (Å²) in [5.74, 6) is -0.213. The molecule has 1 atom stereocenters. The highest BCUT2D eigenvalue weighted by Gasteiger charge is 2.32. The first kappa shape index (κ1) is 17.9. The van der Waals surface area contributed by atoms with Gasteiger partial charge in [-0.2, -0.15) is 0 Å². The molecule has 0 N–H and O–H groups in total. The lowest BCUT2D eigenvalue weighted by atomic mass is 9.74. The first-order chi connectivity index (χ1) is 13.8. The zero-order valence-electron chi connectivity index (χ0n) is 15.6. The van der Waals surface area contributed by atoms with Crippen LogP contribution in [0.4, 0.5) is 0 Å². The second-order valence-corrected chi connectivity index (χ2v) is 6.92. The molecule has 4 aromatic rings. The van der Waals surface area contributed by atoms with Crippen molar-refractivity contribution in [3.8, 4) is 0 Å². The molecule has 0 fully saturated rings. The molecule has 0 aliphatic heterocycles. The third kappa shape index (κ3) is 3.79. The Labute approximate surface area is 166 Å². The normalized spacial score (nSPS) is 11.9. The maximum atomic E-state index is 13.7. The van der Waals surface area contributed by atoms with Crippen LogP contribution in [0.15, 0.2) is 121 Å². The fourth-order valence-corrected chi connectivity index (χ4v) is 3.84. The highest BCUT2D eigenvalue weighted by atomic mass is 16.1. The standard InChI is InChI=1S/C27H22O/c28-27(24-19-11-4-12-20-24)26(23-17-9-3-10-18-23)25(21-13-5-1-6-14-21)22-15-7-2-8-16-22/h1-20,25-26H. The van der Waals surface area contributed by atoms with E-state index in [1.54, 1.807) is 0 Å². The maximum Gasteiger partial charge on any atom is 0.171 e. The minimum absolute atomic E-state index is 0.0579. The molecule has 4 rings (SSSR count). The van der Waals surface area contributed by atoms with Crippen molar-refractivity contribution < 1.29 is 4.79 Å². The Bertz CT molecular complexity index is 969. The van der Waals surface area contributed by atoms with Gasteiger partial charge < -0.3 is 0 Å². The van der Waals surface area contributed by atoms with Crippen LogP contribution in [0.25, 0.3) is 0 Å². The lowest BCUT2D eigenvalue weighted by Crippen LogP contribution is -2.22. The van der Waals surface area contributed by atoms with Crippen LogP contribution in [-0.4, -0.2) is 5.78 Å². The first-order valence-electron chi connectivity index (χ1n) is 9.58.